The Kier molecular flexibility index (Phi) is 3.93. The predicted octanol–water partition coefficient (Wildman–Crippen LogP) is 4.26. The van der Waals surface area contributed by atoms with E-state index in [0.717, 1.165) is 0 Å². The second kappa shape index (κ2) is 5.05. The third-order valence-corrected chi connectivity index (χ3v) is 10.3. The molecule has 0 bridgehead atoms. The van der Waals surface area contributed by atoms with E-state index in [-0.39, 0.29) is 0 Å². The number of hydrogen-bond donors (Lipinski definition) is 0. The standard InChI is InChI=1S/C8H12N.C5H5.C4H9.Ru/c1-6-5-9(4)8(3)7(6)2;1-2-4-5-3-1;1-4(2)3;/h1-4H3;1-3H,4H2;1-3H3;. The molecule has 107 valence electrons. The van der Waals surface area contributed by atoms with Crippen LogP contribution in [0.3, 0.4) is 0 Å². The summed E-state index contributed by atoms with van der Waals surface area (Å²) in [6.07, 6.45) is 8.08. The van der Waals surface area contributed by atoms with Gasteiger partial charge in [0.2, 0.25) is 0 Å². The average Bonchev–Trinajstić information content (AvgIpc) is 2.88. The zero-order valence-corrected chi connectivity index (χ0v) is 15.0. The van der Waals surface area contributed by atoms with Gasteiger partial charge >= 0.3 is 123 Å². The Labute approximate surface area is 123 Å². The first-order chi connectivity index (χ1) is 8.75. The molecule has 0 fully saturated rings. The van der Waals surface area contributed by atoms with Crippen molar-refractivity contribution >= 4 is 4.29 Å². The number of aromatic nitrogens is 1. The zero-order valence-electron chi connectivity index (χ0n) is 13.2. The van der Waals surface area contributed by atoms with Gasteiger partial charge in [0.15, 0.2) is 0 Å². The Hall–Kier alpha value is -0.617. The number of rotatable bonds is 2. The normalized spacial score (nSPS) is 15.9. The van der Waals surface area contributed by atoms with Crippen molar-refractivity contribution in [1.82, 2.24) is 4.57 Å². The summed E-state index contributed by atoms with van der Waals surface area (Å²) in [6.45, 7) is 14.1. The van der Waals surface area contributed by atoms with Crippen LogP contribution >= 0.6 is 0 Å². The van der Waals surface area contributed by atoms with Crippen molar-refractivity contribution in [2.45, 2.75) is 52.0 Å². The van der Waals surface area contributed by atoms with Gasteiger partial charge in [0.25, 0.3) is 0 Å². The molecule has 0 spiro atoms. The van der Waals surface area contributed by atoms with E-state index < -0.39 is 16.0 Å². The van der Waals surface area contributed by atoms with Gasteiger partial charge in [-0.2, -0.15) is 0 Å². The molecule has 1 aliphatic carbocycles. The average molecular weight is 345 g/mol. The Balaban J connectivity index is 2.60. The molecule has 0 saturated heterocycles. The van der Waals surface area contributed by atoms with Gasteiger partial charge in [0, 0.05) is 0 Å². The third-order valence-electron chi connectivity index (χ3n) is 3.84. The summed E-state index contributed by atoms with van der Waals surface area (Å²) in [7, 11) is 2.25. The van der Waals surface area contributed by atoms with Crippen LogP contribution in [0, 0.1) is 20.8 Å². The van der Waals surface area contributed by atoms with Crippen molar-refractivity contribution in [1.29, 1.82) is 0 Å². The fourth-order valence-electron chi connectivity index (χ4n) is 2.57. The molecule has 19 heavy (non-hydrogen) atoms. The molecule has 2 rings (SSSR count). The summed E-state index contributed by atoms with van der Waals surface area (Å²) in [5.74, 6) is 0. The second-order valence-electron chi connectivity index (χ2n) is 6.20. The molecule has 2 heteroatoms. The fraction of sp³-hybridized carbons (Fsp3) is 0.529. The van der Waals surface area contributed by atoms with E-state index in [2.05, 4.69) is 71.4 Å². The van der Waals surface area contributed by atoms with E-state index in [9.17, 15) is 0 Å². The molecule has 0 N–H and O–H groups in total. The van der Waals surface area contributed by atoms with Crippen LogP contribution in [0.25, 0.3) is 0 Å². The van der Waals surface area contributed by atoms with Crippen molar-refractivity contribution in [3.8, 4) is 0 Å². The van der Waals surface area contributed by atoms with Gasteiger partial charge in [0.05, 0.1) is 0 Å². The first kappa shape index (κ1) is 14.8. The maximum atomic E-state index is 2.47. The minimum absolute atomic E-state index is 0.387. The van der Waals surface area contributed by atoms with E-state index >= 15 is 0 Å². The molecule has 0 radical (unpaired) electrons. The van der Waals surface area contributed by atoms with Crippen LogP contribution in [0.15, 0.2) is 22.4 Å². The summed E-state index contributed by atoms with van der Waals surface area (Å²) in [4.78, 5) is 0. The van der Waals surface area contributed by atoms with Gasteiger partial charge in [-0.25, -0.2) is 0 Å². The molecular formula is C17H26NRu. The van der Waals surface area contributed by atoms with Gasteiger partial charge < -0.3 is 0 Å². The summed E-state index contributed by atoms with van der Waals surface area (Å²) in [5, 5.41) is 0. The van der Waals surface area contributed by atoms with Crippen molar-refractivity contribution in [2.75, 3.05) is 0 Å². The van der Waals surface area contributed by atoms with Gasteiger partial charge in [-0.15, -0.1) is 0 Å². The van der Waals surface area contributed by atoms with Crippen LogP contribution < -0.4 is 4.29 Å². The molecule has 0 amide bonds. The summed E-state index contributed by atoms with van der Waals surface area (Å²) in [6, 6.07) is 0. The van der Waals surface area contributed by atoms with Gasteiger partial charge in [0.1, 0.15) is 0 Å². The van der Waals surface area contributed by atoms with Gasteiger partial charge in [-0.1, -0.05) is 0 Å². The molecule has 1 heterocycles. The number of hydrogen-bond acceptors (Lipinski definition) is 0. The van der Waals surface area contributed by atoms with E-state index in [1.807, 2.05) is 0 Å². The fourth-order valence-corrected chi connectivity index (χ4v) is 8.87. The van der Waals surface area contributed by atoms with Crippen molar-refractivity contribution in [3.63, 3.8) is 0 Å². The van der Waals surface area contributed by atoms with E-state index in [4.69, 9.17) is 0 Å². The third kappa shape index (κ3) is 2.52. The molecule has 1 aromatic heterocycles. The molecule has 1 aliphatic rings. The van der Waals surface area contributed by atoms with E-state index in [1.165, 1.54) is 23.2 Å². The van der Waals surface area contributed by atoms with Crippen LogP contribution in [0.1, 0.15) is 44.0 Å². The molecular weight excluding hydrogens is 319 g/mol. The van der Waals surface area contributed by atoms with Crippen LogP contribution in [0.5, 0.6) is 0 Å². The monoisotopic (exact) mass is 346 g/mol. The summed E-state index contributed by atoms with van der Waals surface area (Å²) < 4.78 is 6.19. The molecule has 0 aliphatic heterocycles. The number of nitrogens with zero attached hydrogens (tertiary/aromatic N) is 1. The van der Waals surface area contributed by atoms with Crippen molar-refractivity contribution < 1.29 is 16.0 Å². The van der Waals surface area contributed by atoms with E-state index in [1.54, 1.807) is 8.46 Å². The second-order valence-corrected chi connectivity index (χ2v) is 12.0. The SMILES string of the molecule is Cc1c(C)[c]([Ru]([C]2=CC=CC2)[C](C)(C)C)n(C)c1C. The molecule has 1 aromatic rings. The van der Waals surface area contributed by atoms with Gasteiger partial charge in [-0.3, -0.25) is 0 Å². The quantitative estimate of drug-likeness (QED) is 0.706. The summed E-state index contributed by atoms with van der Waals surface area (Å²) >= 11 is -1.21. The molecule has 1 nitrogen and oxygen atoms in total. The van der Waals surface area contributed by atoms with E-state index in [0.29, 0.717) is 4.01 Å². The molecule has 0 atom stereocenters. The first-order valence-electron chi connectivity index (χ1n) is 6.89. The zero-order chi connectivity index (χ0) is 14.4. The van der Waals surface area contributed by atoms with Crippen molar-refractivity contribution in [2.24, 2.45) is 7.05 Å². The topological polar surface area (TPSA) is 4.93 Å². The molecule has 0 unspecified atom stereocenters. The Morgan fingerprint density at radius 2 is 1.74 bits per heavy atom. The predicted molar refractivity (Wildman–Crippen MR) is 80.8 cm³/mol. The Morgan fingerprint density at radius 3 is 2.11 bits per heavy atom. The van der Waals surface area contributed by atoms with Crippen LogP contribution in [-0.2, 0) is 23.0 Å². The van der Waals surface area contributed by atoms with Crippen LogP contribution in [0.2, 0.25) is 4.01 Å². The summed E-state index contributed by atoms with van der Waals surface area (Å²) in [5.41, 5.74) is 4.44. The minimum atomic E-state index is -1.21. The van der Waals surface area contributed by atoms with Gasteiger partial charge in [-0.05, 0) is 0 Å². The molecule has 0 aromatic carbocycles. The first-order valence-corrected chi connectivity index (χ1v) is 9.50. The molecule has 0 saturated carbocycles. The van der Waals surface area contributed by atoms with Crippen LogP contribution in [-0.4, -0.2) is 4.57 Å². The van der Waals surface area contributed by atoms with Crippen molar-refractivity contribution in [3.05, 3.63) is 39.2 Å². The Bertz CT molecular complexity index is 527. The Morgan fingerprint density at radius 1 is 1.11 bits per heavy atom. The number of allylic oxidation sites excluding steroid dienone is 4. The van der Waals surface area contributed by atoms with Crippen LogP contribution in [0.4, 0.5) is 0 Å². The maximum absolute atomic E-state index is 2.47.